The van der Waals surface area contributed by atoms with Crippen LogP contribution in [0.2, 0.25) is 0 Å². The molecule has 9 heteroatoms. The van der Waals surface area contributed by atoms with Crippen molar-refractivity contribution in [3.8, 4) is 11.1 Å². The van der Waals surface area contributed by atoms with Crippen molar-refractivity contribution in [2.45, 2.75) is 6.54 Å². The smallest absolute Gasteiger partial charge is 0.342 e. The molecule has 0 radical (unpaired) electrons. The van der Waals surface area contributed by atoms with Crippen molar-refractivity contribution >= 4 is 17.8 Å². The van der Waals surface area contributed by atoms with Crippen molar-refractivity contribution in [1.29, 1.82) is 0 Å². The summed E-state index contributed by atoms with van der Waals surface area (Å²) >= 11 is 0. The number of nitrogens with zero attached hydrogens (tertiary/aromatic N) is 2. The summed E-state index contributed by atoms with van der Waals surface area (Å²) < 4.78 is 0. The number of H-pyrrole nitrogens is 1. The third-order valence-electron chi connectivity index (χ3n) is 4.95. The first-order valence-corrected chi connectivity index (χ1v) is 8.81. The Morgan fingerprint density at radius 2 is 1.68 bits per heavy atom. The molecule has 9 nitrogen and oxygen atoms in total. The second kappa shape index (κ2) is 7.83. The highest BCUT2D eigenvalue weighted by Crippen LogP contribution is 2.32. The van der Waals surface area contributed by atoms with E-state index in [0.717, 1.165) is 31.7 Å². The molecule has 1 aliphatic rings. The van der Waals surface area contributed by atoms with Crippen LogP contribution in [-0.4, -0.2) is 70.2 Å². The van der Waals surface area contributed by atoms with Crippen LogP contribution in [0.5, 0.6) is 0 Å². The molecule has 1 saturated heterocycles. The van der Waals surface area contributed by atoms with Crippen molar-refractivity contribution in [3.05, 3.63) is 51.3 Å². The van der Waals surface area contributed by atoms with E-state index in [1.807, 2.05) is 13.1 Å². The molecule has 28 heavy (non-hydrogen) atoms. The van der Waals surface area contributed by atoms with E-state index in [1.165, 1.54) is 0 Å². The molecule has 1 fully saturated rings. The van der Waals surface area contributed by atoms with E-state index in [0.29, 0.717) is 12.1 Å². The molecule has 0 aliphatic carbocycles. The van der Waals surface area contributed by atoms with Crippen LogP contribution in [0.1, 0.15) is 26.3 Å². The first kappa shape index (κ1) is 19.6. The van der Waals surface area contributed by atoms with Gasteiger partial charge in [0.25, 0.3) is 5.56 Å². The summed E-state index contributed by atoms with van der Waals surface area (Å²) in [4.78, 5) is 42.4. The van der Waals surface area contributed by atoms with Gasteiger partial charge in [0.1, 0.15) is 16.9 Å². The third-order valence-corrected chi connectivity index (χ3v) is 4.95. The number of nitrogen functional groups attached to an aromatic ring is 1. The van der Waals surface area contributed by atoms with E-state index < -0.39 is 28.6 Å². The average molecular weight is 386 g/mol. The number of piperazine rings is 1. The number of aromatic nitrogens is 1. The zero-order valence-corrected chi connectivity index (χ0v) is 15.4. The number of hydrogen-bond donors (Lipinski definition) is 4. The second-order valence-corrected chi connectivity index (χ2v) is 6.84. The minimum Gasteiger partial charge on any atom is -0.478 e. The van der Waals surface area contributed by atoms with Crippen LogP contribution in [0.15, 0.2) is 29.1 Å². The molecule has 1 aliphatic heterocycles. The average Bonchev–Trinajstić information content (AvgIpc) is 2.62. The number of hydrogen-bond acceptors (Lipinski definition) is 6. The first-order valence-electron chi connectivity index (χ1n) is 8.81. The van der Waals surface area contributed by atoms with Crippen LogP contribution in [-0.2, 0) is 6.54 Å². The van der Waals surface area contributed by atoms with Crippen LogP contribution in [0.4, 0.5) is 5.82 Å². The van der Waals surface area contributed by atoms with E-state index in [2.05, 4.69) is 14.8 Å². The molecule has 0 bridgehead atoms. The molecule has 1 aromatic heterocycles. The maximum Gasteiger partial charge on any atom is 0.342 e. The Labute approximate surface area is 161 Å². The summed E-state index contributed by atoms with van der Waals surface area (Å²) in [5.41, 5.74) is 4.72. The number of anilines is 1. The van der Waals surface area contributed by atoms with Gasteiger partial charge in [-0.3, -0.25) is 9.69 Å². The number of nitrogens with two attached hydrogens (primary N) is 1. The molecule has 0 saturated carbocycles. The number of benzene rings is 1. The van der Waals surface area contributed by atoms with Crippen molar-refractivity contribution in [2.24, 2.45) is 0 Å². The Bertz CT molecular complexity index is 977. The summed E-state index contributed by atoms with van der Waals surface area (Å²) in [7, 11) is 2.04. The van der Waals surface area contributed by atoms with E-state index in [-0.39, 0.29) is 11.4 Å². The molecule has 0 unspecified atom stereocenters. The monoisotopic (exact) mass is 386 g/mol. The fraction of sp³-hybridized carbons (Fsp3) is 0.316. The Balaban J connectivity index is 2.18. The maximum absolute atomic E-state index is 12.3. The second-order valence-electron chi connectivity index (χ2n) is 6.84. The topological polar surface area (TPSA) is 140 Å². The lowest BCUT2D eigenvalue weighted by Crippen LogP contribution is -2.43. The van der Waals surface area contributed by atoms with Gasteiger partial charge in [-0.25, -0.2) is 9.59 Å². The maximum atomic E-state index is 12.3. The summed E-state index contributed by atoms with van der Waals surface area (Å²) in [5, 5.41) is 19.2. The van der Waals surface area contributed by atoms with Gasteiger partial charge in [0.05, 0.1) is 0 Å². The van der Waals surface area contributed by atoms with Crippen LogP contribution in [0.25, 0.3) is 11.1 Å². The zero-order chi connectivity index (χ0) is 20.4. The SMILES string of the molecule is CN1CCN(Cc2ccccc2-c2c(C(=O)O)c(N)[nH]c(=O)c2C(=O)O)CC1. The van der Waals surface area contributed by atoms with E-state index in [1.54, 1.807) is 18.2 Å². The van der Waals surface area contributed by atoms with Crippen LogP contribution in [0, 0.1) is 0 Å². The largest absolute Gasteiger partial charge is 0.478 e. The van der Waals surface area contributed by atoms with Gasteiger partial charge in [-0.1, -0.05) is 24.3 Å². The van der Waals surface area contributed by atoms with Gasteiger partial charge >= 0.3 is 11.9 Å². The van der Waals surface area contributed by atoms with Crippen molar-refractivity contribution in [3.63, 3.8) is 0 Å². The fourth-order valence-corrected chi connectivity index (χ4v) is 3.47. The van der Waals surface area contributed by atoms with Crippen LogP contribution in [0.3, 0.4) is 0 Å². The Morgan fingerprint density at radius 1 is 1.07 bits per heavy atom. The normalized spacial score (nSPS) is 15.5. The Kier molecular flexibility index (Phi) is 5.48. The van der Waals surface area contributed by atoms with E-state index in [9.17, 15) is 24.6 Å². The molecule has 0 spiro atoms. The van der Waals surface area contributed by atoms with Crippen molar-refractivity contribution in [2.75, 3.05) is 39.0 Å². The number of nitrogens with one attached hydrogen (secondary N) is 1. The molecule has 148 valence electrons. The van der Waals surface area contributed by atoms with Gasteiger partial charge in [-0.05, 0) is 18.2 Å². The minimum atomic E-state index is -1.51. The fourth-order valence-electron chi connectivity index (χ4n) is 3.47. The quantitative estimate of drug-likeness (QED) is 0.591. The highest BCUT2D eigenvalue weighted by Gasteiger charge is 2.28. The lowest BCUT2D eigenvalue weighted by atomic mass is 9.91. The van der Waals surface area contributed by atoms with Gasteiger partial charge in [-0.15, -0.1) is 0 Å². The van der Waals surface area contributed by atoms with Gasteiger partial charge in [0.2, 0.25) is 0 Å². The summed E-state index contributed by atoms with van der Waals surface area (Å²) in [6, 6.07) is 6.91. The van der Waals surface area contributed by atoms with Crippen molar-refractivity contribution in [1.82, 2.24) is 14.8 Å². The number of carbonyl (C=O) groups is 2. The lowest BCUT2D eigenvalue weighted by Gasteiger charge is -2.32. The standard InChI is InChI=1S/C19H22N4O5/c1-22-6-8-23(9-7-22)10-11-4-2-3-5-12(11)13-14(18(25)26)16(20)21-17(24)15(13)19(27)28/h2-5H,6-10H2,1H3,(H,25,26)(H,27,28)(H3,20,21,24). The molecule has 5 N–H and O–H groups in total. The van der Waals surface area contributed by atoms with Crippen LogP contribution >= 0.6 is 0 Å². The van der Waals surface area contributed by atoms with E-state index >= 15 is 0 Å². The highest BCUT2D eigenvalue weighted by atomic mass is 16.4. The molecular formula is C19H22N4O5. The first-order chi connectivity index (χ1) is 13.3. The van der Waals surface area contributed by atoms with E-state index in [4.69, 9.17) is 5.73 Å². The zero-order valence-electron chi connectivity index (χ0n) is 15.4. The summed E-state index contributed by atoms with van der Waals surface area (Å²) in [6.07, 6.45) is 0. The Hall–Kier alpha value is -3.17. The highest BCUT2D eigenvalue weighted by molar-refractivity contribution is 6.07. The predicted molar refractivity (Wildman–Crippen MR) is 104 cm³/mol. The van der Waals surface area contributed by atoms with Gasteiger partial charge in [-0.2, -0.15) is 0 Å². The number of likely N-dealkylation sites (N-methyl/N-ethyl adjacent to an activating group) is 1. The number of pyridine rings is 1. The molecular weight excluding hydrogens is 364 g/mol. The molecule has 0 amide bonds. The number of carboxylic acids is 2. The lowest BCUT2D eigenvalue weighted by molar-refractivity contribution is 0.0695. The Morgan fingerprint density at radius 3 is 2.29 bits per heavy atom. The molecule has 1 aromatic carbocycles. The van der Waals surface area contributed by atoms with Gasteiger partial charge in [0.15, 0.2) is 0 Å². The van der Waals surface area contributed by atoms with Gasteiger partial charge < -0.3 is 25.8 Å². The van der Waals surface area contributed by atoms with Crippen molar-refractivity contribution < 1.29 is 19.8 Å². The number of carboxylic acid groups (broad SMARTS) is 2. The van der Waals surface area contributed by atoms with Gasteiger partial charge in [0, 0.05) is 38.3 Å². The molecule has 0 atom stereocenters. The summed E-state index contributed by atoms with van der Waals surface area (Å²) in [5.74, 6) is -3.28. The number of aromatic amines is 1. The number of aromatic carboxylic acids is 2. The van der Waals surface area contributed by atoms with Crippen LogP contribution < -0.4 is 11.3 Å². The third kappa shape index (κ3) is 3.75. The molecule has 3 rings (SSSR count). The summed E-state index contributed by atoms with van der Waals surface area (Å²) in [6.45, 7) is 3.98. The molecule has 2 aromatic rings. The minimum absolute atomic E-state index is 0.161. The molecule has 2 heterocycles. The predicted octanol–water partition coefficient (Wildman–Crippen LogP) is 0.768. The number of rotatable bonds is 5.